The molecule has 2 aromatic rings. The molecular weight excluding hydrogens is 312 g/mol. The third kappa shape index (κ3) is 3.76. The Bertz CT molecular complexity index is 737. The maximum absolute atomic E-state index is 13.1. The molecule has 25 heavy (non-hydrogen) atoms. The summed E-state index contributed by atoms with van der Waals surface area (Å²) in [6, 6.07) is 8.33. The number of rotatable bonds is 5. The number of carbonyl (C=O) groups excluding carboxylic acids is 1. The van der Waals surface area contributed by atoms with Gasteiger partial charge in [0.15, 0.2) is 0 Å². The molecule has 0 radical (unpaired) electrons. The number of nitrogens with zero attached hydrogens (tertiary/aromatic N) is 2. The molecule has 0 bridgehead atoms. The maximum atomic E-state index is 13.1. The van der Waals surface area contributed by atoms with Gasteiger partial charge in [-0.25, -0.2) is 0 Å². The van der Waals surface area contributed by atoms with Crippen molar-refractivity contribution in [1.82, 2.24) is 20.4 Å². The number of hydrogen-bond acceptors (Lipinski definition) is 3. The van der Waals surface area contributed by atoms with Crippen molar-refractivity contribution in [2.45, 2.75) is 32.7 Å². The zero-order valence-corrected chi connectivity index (χ0v) is 15.5. The lowest BCUT2D eigenvalue weighted by atomic mass is 9.88. The number of hydrogen-bond donors (Lipinski definition) is 2. The van der Waals surface area contributed by atoms with E-state index in [1.807, 2.05) is 31.6 Å². The average molecular weight is 340 g/mol. The van der Waals surface area contributed by atoms with Crippen LogP contribution in [-0.2, 0) is 11.8 Å². The molecule has 1 aliphatic rings. The standard InChI is InChI=1S/C20H28N4O/c1-13(2)19(16-8-6-5-7-14(16)3)23-20(25)18-11-21-10-17(18)15-9-22-24(4)12-15/h5-9,12-13,17-19,21H,10-11H2,1-4H3,(H,23,25)/t17-,18+,19?/m1/s1. The third-order valence-corrected chi connectivity index (χ3v) is 5.19. The molecule has 1 saturated heterocycles. The number of aryl methyl sites for hydroxylation is 2. The third-order valence-electron chi connectivity index (χ3n) is 5.19. The van der Waals surface area contributed by atoms with Crippen LogP contribution in [0.5, 0.6) is 0 Å². The zero-order valence-electron chi connectivity index (χ0n) is 15.5. The minimum atomic E-state index is -0.0607. The largest absolute Gasteiger partial charge is 0.349 e. The fourth-order valence-electron chi connectivity index (χ4n) is 3.74. The highest BCUT2D eigenvalue weighted by molar-refractivity contribution is 5.81. The van der Waals surface area contributed by atoms with Crippen LogP contribution in [0.15, 0.2) is 36.7 Å². The van der Waals surface area contributed by atoms with Crippen LogP contribution in [0.25, 0.3) is 0 Å². The van der Waals surface area contributed by atoms with Crippen molar-refractivity contribution >= 4 is 5.91 Å². The molecule has 1 amide bonds. The van der Waals surface area contributed by atoms with Gasteiger partial charge in [0, 0.05) is 32.3 Å². The Labute approximate surface area is 149 Å². The van der Waals surface area contributed by atoms with Crippen LogP contribution < -0.4 is 10.6 Å². The fourth-order valence-corrected chi connectivity index (χ4v) is 3.74. The topological polar surface area (TPSA) is 59.0 Å². The van der Waals surface area contributed by atoms with Crippen molar-refractivity contribution in [3.8, 4) is 0 Å². The fraction of sp³-hybridized carbons (Fsp3) is 0.500. The molecule has 2 N–H and O–H groups in total. The predicted molar refractivity (Wildman–Crippen MR) is 99.2 cm³/mol. The van der Waals surface area contributed by atoms with Crippen LogP contribution in [0.1, 0.15) is 42.5 Å². The van der Waals surface area contributed by atoms with E-state index in [0.29, 0.717) is 12.5 Å². The van der Waals surface area contributed by atoms with Crippen LogP contribution in [0.3, 0.4) is 0 Å². The van der Waals surface area contributed by atoms with Crippen molar-refractivity contribution in [3.05, 3.63) is 53.3 Å². The summed E-state index contributed by atoms with van der Waals surface area (Å²) in [7, 11) is 1.91. The van der Waals surface area contributed by atoms with E-state index in [4.69, 9.17) is 0 Å². The Balaban J connectivity index is 1.78. The van der Waals surface area contributed by atoms with Gasteiger partial charge in [0.2, 0.25) is 5.91 Å². The summed E-state index contributed by atoms with van der Waals surface area (Å²) in [6.07, 6.45) is 3.89. The molecule has 5 nitrogen and oxygen atoms in total. The lowest BCUT2D eigenvalue weighted by molar-refractivity contribution is -0.125. The van der Waals surface area contributed by atoms with Crippen molar-refractivity contribution < 1.29 is 4.79 Å². The Hall–Kier alpha value is -2.14. The van der Waals surface area contributed by atoms with E-state index in [1.54, 1.807) is 4.68 Å². The monoisotopic (exact) mass is 340 g/mol. The minimum Gasteiger partial charge on any atom is -0.349 e. The van der Waals surface area contributed by atoms with E-state index in [-0.39, 0.29) is 23.8 Å². The number of amides is 1. The molecule has 3 atom stereocenters. The molecule has 134 valence electrons. The van der Waals surface area contributed by atoms with E-state index in [0.717, 1.165) is 12.1 Å². The minimum absolute atomic E-state index is 0.0313. The van der Waals surface area contributed by atoms with Crippen LogP contribution in [-0.4, -0.2) is 28.8 Å². The lowest BCUT2D eigenvalue weighted by Crippen LogP contribution is -2.39. The molecule has 1 aromatic carbocycles. The second-order valence-corrected chi connectivity index (χ2v) is 7.41. The molecule has 0 spiro atoms. The molecule has 1 aromatic heterocycles. The van der Waals surface area contributed by atoms with Gasteiger partial charge in [-0.2, -0.15) is 5.10 Å². The normalized spacial score (nSPS) is 21.5. The zero-order chi connectivity index (χ0) is 18.0. The first kappa shape index (κ1) is 17.7. The Morgan fingerprint density at radius 1 is 1.32 bits per heavy atom. The number of aromatic nitrogens is 2. The molecule has 5 heteroatoms. The molecule has 0 saturated carbocycles. The summed E-state index contributed by atoms with van der Waals surface area (Å²) >= 11 is 0. The van der Waals surface area contributed by atoms with Gasteiger partial charge in [0.05, 0.1) is 18.2 Å². The summed E-state index contributed by atoms with van der Waals surface area (Å²) in [4.78, 5) is 13.1. The average Bonchev–Trinajstić information content (AvgIpc) is 3.21. The molecular formula is C20H28N4O. The molecule has 1 aliphatic heterocycles. The van der Waals surface area contributed by atoms with Gasteiger partial charge in [0.25, 0.3) is 0 Å². The van der Waals surface area contributed by atoms with Crippen molar-refractivity contribution in [2.75, 3.05) is 13.1 Å². The Kier molecular flexibility index (Phi) is 5.23. The number of nitrogens with one attached hydrogen (secondary N) is 2. The second kappa shape index (κ2) is 7.40. The molecule has 1 unspecified atom stereocenters. The Morgan fingerprint density at radius 2 is 2.08 bits per heavy atom. The highest BCUT2D eigenvalue weighted by Crippen LogP contribution is 2.30. The van der Waals surface area contributed by atoms with Crippen LogP contribution in [0.4, 0.5) is 0 Å². The van der Waals surface area contributed by atoms with Gasteiger partial charge >= 0.3 is 0 Å². The van der Waals surface area contributed by atoms with Crippen molar-refractivity contribution in [1.29, 1.82) is 0 Å². The Morgan fingerprint density at radius 3 is 2.72 bits per heavy atom. The quantitative estimate of drug-likeness (QED) is 0.879. The first-order valence-corrected chi connectivity index (χ1v) is 9.02. The second-order valence-electron chi connectivity index (χ2n) is 7.41. The van der Waals surface area contributed by atoms with E-state index < -0.39 is 0 Å². The van der Waals surface area contributed by atoms with Gasteiger partial charge in [0.1, 0.15) is 0 Å². The highest BCUT2D eigenvalue weighted by atomic mass is 16.2. The maximum Gasteiger partial charge on any atom is 0.225 e. The molecule has 1 fully saturated rings. The summed E-state index contributed by atoms with van der Waals surface area (Å²) in [6.45, 7) is 7.95. The molecule has 3 rings (SSSR count). The van der Waals surface area contributed by atoms with E-state index in [1.165, 1.54) is 11.1 Å². The predicted octanol–water partition coefficient (Wildman–Crippen LogP) is 2.55. The summed E-state index contributed by atoms with van der Waals surface area (Å²) < 4.78 is 1.80. The highest BCUT2D eigenvalue weighted by Gasteiger charge is 2.36. The number of benzene rings is 1. The van der Waals surface area contributed by atoms with Crippen molar-refractivity contribution in [3.63, 3.8) is 0 Å². The summed E-state index contributed by atoms with van der Waals surface area (Å²) in [5, 5.41) is 10.9. The van der Waals surface area contributed by atoms with Crippen LogP contribution in [0.2, 0.25) is 0 Å². The first-order valence-electron chi connectivity index (χ1n) is 9.02. The van der Waals surface area contributed by atoms with Crippen LogP contribution >= 0.6 is 0 Å². The SMILES string of the molecule is Cc1ccccc1C(NC(=O)[C@H]1CNC[C@@H]1c1cnn(C)c1)C(C)C. The van der Waals surface area contributed by atoms with Crippen molar-refractivity contribution in [2.24, 2.45) is 18.9 Å². The first-order chi connectivity index (χ1) is 12.0. The summed E-state index contributed by atoms with van der Waals surface area (Å²) in [5.41, 5.74) is 3.55. The molecule has 2 heterocycles. The van der Waals surface area contributed by atoms with Gasteiger partial charge in [-0.15, -0.1) is 0 Å². The lowest BCUT2D eigenvalue weighted by Gasteiger charge is -2.27. The van der Waals surface area contributed by atoms with Gasteiger partial charge in [-0.1, -0.05) is 38.1 Å². The van der Waals surface area contributed by atoms with E-state index in [9.17, 15) is 4.79 Å². The summed E-state index contributed by atoms with van der Waals surface area (Å²) in [5.74, 6) is 0.574. The van der Waals surface area contributed by atoms with E-state index in [2.05, 4.69) is 48.6 Å². The smallest absolute Gasteiger partial charge is 0.225 e. The van der Waals surface area contributed by atoms with E-state index >= 15 is 0 Å². The number of carbonyl (C=O) groups is 1. The van der Waals surface area contributed by atoms with Gasteiger partial charge in [-0.3, -0.25) is 9.48 Å². The van der Waals surface area contributed by atoms with Gasteiger partial charge in [-0.05, 0) is 29.5 Å². The molecule has 0 aliphatic carbocycles. The van der Waals surface area contributed by atoms with Crippen LogP contribution in [0, 0.1) is 18.8 Å². The van der Waals surface area contributed by atoms with Gasteiger partial charge < -0.3 is 10.6 Å².